The van der Waals surface area contributed by atoms with Gasteiger partial charge in [-0.3, -0.25) is 9.59 Å². The third-order valence-electron chi connectivity index (χ3n) is 2.41. The van der Waals surface area contributed by atoms with E-state index in [0.29, 0.717) is 21.7 Å². The zero-order valence-electron chi connectivity index (χ0n) is 10.3. The summed E-state index contributed by atoms with van der Waals surface area (Å²) in [6.45, 7) is 0. The average molecular weight is 335 g/mol. The zero-order valence-corrected chi connectivity index (χ0v) is 11.9. The number of furan rings is 1. The lowest BCUT2D eigenvalue weighted by Crippen LogP contribution is -2.12. The molecular weight excluding hydrogens is 324 g/mol. The van der Waals surface area contributed by atoms with Crippen molar-refractivity contribution in [1.82, 2.24) is 0 Å². The van der Waals surface area contributed by atoms with Crippen LogP contribution in [0.3, 0.4) is 0 Å². The van der Waals surface area contributed by atoms with Crippen LogP contribution in [0.5, 0.6) is 0 Å². The molecule has 1 aromatic heterocycles. The normalized spacial score (nSPS) is 10.7. The van der Waals surface area contributed by atoms with Gasteiger partial charge in [-0.05, 0) is 52.3 Å². The van der Waals surface area contributed by atoms with E-state index in [-0.39, 0.29) is 5.91 Å². The molecule has 5 nitrogen and oxygen atoms in total. The maximum atomic E-state index is 11.7. The highest BCUT2D eigenvalue weighted by Gasteiger charge is 2.03. The molecule has 0 aliphatic heterocycles. The Balaban J connectivity index is 2.02. The van der Waals surface area contributed by atoms with E-state index in [1.54, 1.807) is 30.3 Å². The fourth-order valence-electron chi connectivity index (χ4n) is 1.51. The quantitative estimate of drug-likeness (QED) is 0.843. The van der Waals surface area contributed by atoms with Crippen molar-refractivity contribution >= 4 is 39.5 Å². The van der Waals surface area contributed by atoms with Crippen molar-refractivity contribution in [1.29, 1.82) is 0 Å². The molecule has 0 bridgehead atoms. The number of nitrogens with one attached hydrogen (secondary N) is 1. The molecule has 1 aromatic carbocycles. The summed E-state index contributed by atoms with van der Waals surface area (Å²) < 4.78 is 5.81. The topological polar surface area (TPSA) is 85.3 Å². The van der Waals surface area contributed by atoms with E-state index in [1.807, 2.05) is 0 Å². The maximum absolute atomic E-state index is 11.7. The highest BCUT2D eigenvalue weighted by molar-refractivity contribution is 9.10. The van der Waals surface area contributed by atoms with Crippen LogP contribution in [0, 0.1) is 0 Å². The number of anilines is 1. The number of amides is 2. The number of carbonyl (C=O) groups is 2. The minimum absolute atomic E-state index is 0.334. The molecule has 0 unspecified atom stereocenters. The molecule has 0 aliphatic carbocycles. The molecule has 0 atom stereocenters. The lowest BCUT2D eigenvalue weighted by Gasteiger charge is -2.03. The number of benzene rings is 1. The smallest absolute Gasteiger partial charge is 0.248 e. The number of hydrogen-bond acceptors (Lipinski definition) is 3. The van der Waals surface area contributed by atoms with Crippen LogP contribution in [0.25, 0.3) is 6.08 Å². The van der Waals surface area contributed by atoms with Crippen LogP contribution < -0.4 is 11.1 Å². The van der Waals surface area contributed by atoms with Crippen LogP contribution in [0.2, 0.25) is 0 Å². The van der Waals surface area contributed by atoms with Gasteiger partial charge < -0.3 is 15.5 Å². The first-order valence-corrected chi connectivity index (χ1v) is 6.48. The Morgan fingerprint density at radius 3 is 2.70 bits per heavy atom. The molecule has 102 valence electrons. The molecule has 1 heterocycles. The van der Waals surface area contributed by atoms with Gasteiger partial charge in [-0.25, -0.2) is 0 Å². The largest absolute Gasteiger partial charge is 0.450 e. The third kappa shape index (κ3) is 3.83. The van der Waals surface area contributed by atoms with Crippen molar-refractivity contribution in [3.63, 3.8) is 0 Å². The van der Waals surface area contributed by atoms with Crippen molar-refractivity contribution in [3.8, 4) is 0 Å². The van der Waals surface area contributed by atoms with Gasteiger partial charge in [0.05, 0.1) is 0 Å². The fourth-order valence-corrected chi connectivity index (χ4v) is 1.83. The van der Waals surface area contributed by atoms with Gasteiger partial charge in [-0.2, -0.15) is 0 Å². The van der Waals surface area contributed by atoms with Gasteiger partial charge in [0, 0.05) is 17.3 Å². The van der Waals surface area contributed by atoms with E-state index >= 15 is 0 Å². The second kappa shape index (κ2) is 6.21. The van der Waals surface area contributed by atoms with E-state index in [4.69, 9.17) is 10.2 Å². The Morgan fingerprint density at radius 2 is 2.05 bits per heavy atom. The van der Waals surface area contributed by atoms with E-state index in [0.717, 1.165) is 0 Å². The summed E-state index contributed by atoms with van der Waals surface area (Å²) in [6, 6.07) is 9.85. The number of rotatable bonds is 4. The number of nitrogens with two attached hydrogens (primary N) is 1. The SMILES string of the molecule is NC(=O)c1cccc(NC(=O)/C=C/c2ccc(Br)o2)c1. The predicted molar refractivity (Wildman–Crippen MR) is 79.0 cm³/mol. The first-order valence-electron chi connectivity index (χ1n) is 5.69. The molecule has 0 aliphatic rings. The molecule has 20 heavy (non-hydrogen) atoms. The Bertz CT molecular complexity index is 677. The number of hydrogen-bond donors (Lipinski definition) is 2. The summed E-state index contributed by atoms with van der Waals surface area (Å²) in [4.78, 5) is 22.7. The monoisotopic (exact) mass is 334 g/mol. The van der Waals surface area contributed by atoms with Gasteiger partial charge in [0.2, 0.25) is 11.8 Å². The molecule has 2 amide bonds. The first kappa shape index (κ1) is 14.1. The van der Waals surface area contributed by atoms with Crippen LogP contribution in [-0.4, -0.2) is 11.8 Å². The molecule has 0 fully saturated rings. The van der Waals surface area contributed by atoms with Crippen LogP contribution in [0.15, 0.2) is 51.6 Å². The highest BCUT2D eigenvalue weighted by Crippen LogP contribution is 2.15. The summed E-state index contributed by atoms with van der Waals surface area (Å²) in [5.41, 5.74) is 6.00. The molecule has 3 N–H and O–H groups in total. The molecule has 2 aromatic rings. The molecule has 6 heteroatoms. The van der Waals surface area contributed by atoms with Gasteiger partial charge in [-0.15, -0.1) is 0 Å². The lowest BCUT2D eigenvalue weighted by atomic mass is 10.2. The van der Waals surface area contributed by atoms with E-state index in [2.05, 4.69) is 21.2 Å². The van der Waals surface area contributed by atoms with Crippen LogP contribution in [0.1, 0.15) is 16.1 Å². The Hall–Kier alpha value is -2.34. The van der Waals surface area contributed by atoms with Crippen molar-refractivity contribution in [2.45, 2.75) is 0 Å². The van der Waals surface area contributed by atoms with Crippen LogP contribution in [-0.2, 0) is 4.79 Å². The highest BCUT2D eigenvalue weighted by atomic mass is 79.9. The molecule has 2 rings (SSSR count). The minimum atomic E-state index is -0.544. The Morgan fingerprint density at radius 1 is 1.25 bits per heavy atom. The van der Waals surface area contributed by atoms with Crippen molar-refractivity contribution in [2.75, 3.05) is 5.32 Å². The van der Waals surface area contributed by atoms with Gasteiger partial charge >= 0.3 is 0 Å². The summed E-state index contributed by atoms with van der Waals surface area (Å²) in [5, 5.41) is 2.63. The fraction of sp³-hybridized carbons (Fsp3) is 0. The summed E-state index contributed by atoms with van der Waals surface area (Å²) >= 11 is 3.17. The third-order valence-corrected chi connectivity index (χ3v) is 2.83. The van der Waals surface area contributed by atoms with Crippen molar-refractivity contribution in [2.24, 2.45) is 5.73 Å². The lowest BCUT2D eigenvalue weighted by molar-refractivity contribution is -0.111. The predicted octanol–water partition coefficient (Wildman–Crippen LogP) is 2.79. The van der Waals surface area contributed by atoms with Gasteiger partial charge in [0.1, 0.15) is 5.76 Å². The van der Waals surface area contributed by atoms with Gasteiger partial charge in [0.25, 0.3) is 0 Å². The summed E-state index contributed by atoms with van der Waals surface area (Å²) in [6.07, 6.45) is 2.88. The molecular formula is C14H11BrN2O3. The second-order valence-corrected chi connectivity index (χ2v) is 4.69. The summed E-state index contributed by atoms with van der Waals surface area (Å²) in [7, 11) is 0. The second-order valence-electron chi connectivity index (χ2n) is 3.91. The standard InChI is InChI=1S/C14H11BrN2O3/c15-12-6-4-11(20-12)5-7-13(18)17-10-3-1-2-9(8-10)14(16)19/h1-8H,(H2,16,19)(H,17,18)/b7-5+. The number of halogens is 1. The maximum Gasteiger partial charge on any atom is 0.248 e. The number of primary amides is 1. The van der Waals surface area contributed by atoms with Crippen molar-refractivity contribution < 1.29 is 14.0 Å². The molecule has 0 radical (unpaired) electrons. The van der Waals surface area contributed by atoms with E-state index in [9.17, 15) is 9.59 Å². The molecule has 0 saturated carbocycles. The zero-order chi connectivity index (χ0) is 14.5. The summed E-state index contributed by atoms with van der Waals surface area (Å²) in [5.74, 6) is -0.325. The van der Waals surface area contributed by atoms with Crippen LogP contribution >= 0.6 is 15.9 Å². The van der Waals surface area contributed by atoms with Gasteiger partial charge in [0.15, 0.2) is 4.67 Å². The van der Waals surface area contributed by atoms with E-state index < -0.39 is 5.91 Å². The molecule has 0 saturated heterocycles. The number of carbonyl (C=O) groups excluding carboxylic acids is 2. The molecule has 0 spiro atoms. The van der Waals surface area contributed by atoms with Crippen LogP contribution in [0.4, 0.5) is 5.69 Å². The van der Waals surface area contributed by atoms with Gasteiger partial charge in [-0.1, -0.05) is 6.07 Å². The minimum Gasteiger partial charge on any atom is -0.450 e. The van der Waals surface area contributed by atoms with E-state index in [1.165, 1.54) is 18.2 Å². The first-order chi connectivity index (χ1) is 9.54. The average Bonchev–Trinajstić information content (AvgIpc) is 2.82. The Labute approximate surface area is 123 Å². The van der Waals surface area contributed by atoms with Crippen molar-refractivity contribution in [3.05, 3.63) is 58.5 Å². The Kier molecular flexibility index (Phi) is 4.37.